The number of nitrogens with zero attached hydrogens (tertiary/aromatic N) is 1. The van der Waals surface area contributed by atoms with Gasteiger partial charge in [-0.15, -0.1) is 11.6 Å². The van der Waals surface area contributed by atoms with Crippen molar-refractivity contribution in [2.24, 2.45) is 5.41 Å². The Labute approximate surface area is 127 Å². The van der Waals surface area contributed by atoms with Crippen LogP contribution in [-0.4, -0.2) is 25.8 Å². The smallest absolute Gasteiger partial charge is 0.207 e. The maximum atomic E-state index is 12.8. The number of hydrogen-bond donors (Lipinski definition) is 0. The second-order valence-corrected chi connectivity index (χ2v) is 7.71. The number of halogens is 1. The highest BCUT2D eigenvalue weighted by atomic mass is 35.5. The lowest BCUT2D eigenvalue weighted by Gasteiger charge is -2.26. The zero-order chi connectivity index (χ0) is 14.8. The molecule has 1 aromatic rings. The van der Waals surface area contributed by atoms with Gasteiger partial charge in [-0.3, -0.25) is 0 Å². The minimum absolute atomic E-state index is 0.142. The highest BCUT2D eigenvalue weighted by molar-refractivity contribution is 7.89. The van der Waals surface area contributed by atoms with Gasteiger partial charge in [0, 0.05) is 19.0 Å². The lowest BCUT2D eigenvalue weighted by atomic mass is 9.82. The summed E-state index contributed by atoms with van der Waals surface area (Å²) in [6, 6.07) is 7.02. The van der Waals surface area contributed by atoms with Gasteiger partial charge in [0.2, 0.25) is 10.0 Å². The van der Waals surface area contributed by atoms with Crippen molar-refractivity contribution in [3.05, 3.63) is 29.8 Å². The Kier molecular flexibility index (Phi) is 4.77. The molecule has 0 saturated carbocycles. The van der Waals surface area contributed by atoms with E-state index >= 15 is 0 Å². The topological polar surface area (TPSA) is 37.4 Å². The average molecular weight is 316 g/mol. The molecule has 1 heterocycles. The highest BCUT2D eigenvalue weighted by Crippen LogP contribution is 2.39. The van der Waals surface area contributed by atoms with E-state index in [9.17, 15) is 8.42 Å². The lowest BCUT2D eigenvalue weighted by molar-refractivity contribution is 0.279. The molecule has 1 aromatic carbocycles. The minimum atomic E-state index is -3.42. The van der Waals surface area contributed by atoms with Crippen LogP contribution in [0.4, 0.5) is 0 Å². The van der Waals surface area contributed by atoms with Gasteiger partial charge >= 0.3 is 0 Å². The molecule has 0 N–H and O–H groups in total. The van der Waals surface area contributed by atoms with Gasteiger partial charge in [-0.1, -0.05) is 32.0 Å². The predicted molar refractivity (Wildman–Crippen MR) is 82.4 cm³/mol. The van der Waals surface area contributed by atoms with Crippen LogP contribution in [0, 0.1) is 5.41 Å². The number of hydrogen-bond acceptors (Lipinski definition) is 2. The monoisotopic (exact) mass is 315 g/mol. The first-order valence-electron chi connectivity index (χ1n) is 7.13. The van der Waals surface area contributed by atoms with E-state index < -0.39 is 10.0 Å². The second kappa shape index (κ2) is 6.04. The van der Waals surface area contributed by atoms with Crippen molar-refractivity contribution in [2.45, 2.75) is 43.9 Å². The van der Waals surface area contributed by atoms with Crippen LogP contribution in [0.25, 0.3) is 0 Å². The molecule has 1 fully saturated rings. The molecule has 0 atom stereocenters. The van der Waals surface area contributed by atoms with Gasteiger partial charge in [0.15, 0.2) is 0 Å². The molecule has 0 bridgehead atoms. The number of benzene rings is 1. The Hall–Kier alpha value is -0.580. The van der Waals surface area contributed by atoms with Gasteiger partial charge in [0.05, 0.1) is 4.90 Å². The quantitative estimate of drug-likeness (QED) is 0.778. The zero-order valence-electron chi connectivity index (χ0n) is 12.1. The van der Waals surface area contributed by atoms with Crippen LogP contribution >= 0.6 is 11.6 Å². The van der Waals surface area contributed by atoms with Crippen molar-refractivity contribution < 1.29 is 8.42 Å². The summed E-state index contributed by atoms with van der Waals surface area (Å²) in [5.41, 5.74) is 0.822. The van der Waals surface area contributed by atoms with E-state index in [1.807, 2.05) is 6.07 Å². The summed E-state index contributed by atoms with van der Waals surface area (Å²) in [4.78, 5) is 0.359. The first-order chi connectivity index (χ1) is 9.49. The third-order valence-corrected chi connectivity index (χ3v) is 6.87. The van der Waals surface area contributed by atoms with Crippen molar-refractivity contribution >= 4 is 21.6 Å². The molecule has 1 aliphatic rings. The van der Waals surface area contributed by atoms with Gasteiger partial charge in [0.25, 0.3) is 0 Å². The molecule has 20 heavy (non-hydrogen) atoms. The van der Waals surface area contributed by atoms with Crippen molar-refractivity contribution in [3.63, 3.8) is 0 Å². The molecule has 5 heteroatoms. The maximum absolute atomic E-state index is 12.8. The first-order valence-corrected chi connectivity index (χ1v) is 9.10. The SMILES string of the molecule is CCC1(CC)CCN(S(=O)(=O)c2ccccc2CCl)C1. The Morgan fingerprint density at radius 1 is 1.25 bits per heavy atom. The van der Waals surface area contributed by atoms with Gasteiger partial charge in [-0.2, -0.15) is 4.31 Å². The van der Waals surface area contributed by atoms with E-state index in [0.29, 0.717) is 23.5 Å². The molecule has 0 aromatic heterocycles. The fourth-order valence-corrected chi connectivity index (χ4v) is 5.02. The fraction of sp³-hybridized carbons (Fsp3) is 0.600. The molecule has 0 unspecified atom stereocenters. The van der Waals surface area contributed by atoms with E-state index in [1.165, 1.54) is 0 Å². The van der Waals surface area contributed by atoms with Crippen molar-refractivity contribution in [1.82, 2.24) is 4.31 Å². The number of sulfonamides is 1. The van der Waals surface area contributed by atoms with Crippen LogP contribution in [0.2, 0.25) is 0 Å². The van der Waals surface area contributed by atoms with Crippen LogP contribution in [0.5, 0.6) is 0 Å². The molecule has 1 aliphatic heterocycles. The highest BCUT2D eigenvalue weighted by Gasteiger charge is 2.41. The van der Waals surface area contributed by atoms with Crippen molar-refractivity contribution in [3.8, 4) is 0 Å². The molecule has 0 radical (unpaired) electrons. The zero-order valence-corrected chi connectivity index (χ0v) is 13.7. The van der Waals surface area contributed by atoms with Crippen molar-refractivity contribution in [2.75, 3.05) is 13.1 Å². The summed E-state index contributed by atoms with van der Waals surface area (Å²) >= 11 is 5.87. The van der Waals surface area contributed by atoms with Crippen LogP contribution < -0.4 is 0 Å². The minimum Gasteiger partial charge on any atom is -0.207 e. The lowest BCUT2D eigenvalue weighted by Crippen LogP contribution is -2.32. The third-order valence-electron chi connectivity index (χ3n) is 4.64. The molecule has 0 amide bonds. The first kappa shape index (κ1) is 15.8. The molecular formula is C15H22ClNO2S. The Bertz CT molecular complexity index is 567. The van der Waals surface area contributed by atoms with Crippen LogP contribution in [0.3, 0.4) is 0 Å². The summed E-state index contributed by atoms with van der Waals surface area (Å²) < 4.78 is 27.2. The average Bonchev–Trinajstić information content (AvgIpc) is 2.93. The van der Waals surface area contributed by atoms with Crippen LogP contribution in [0.15, 0.2) is 29.2 Å². The Balaban J connectivity index is 2.33. The maximum Gasteiger partial charge on any atom is 0.243 e. The van der Waals surface area contributed by atoms with E-state index in [2.05, 4.69) is 13.8 Å². The number of rotatable bonds is 5. The molecule has 0 spiro atoms. The fourth-order valence-electron chi connectivity index (χ4n) is 2.93. The molecule has 2 rings (SSSR count). The van der Waals surface area contributed by atoms with Gasteiger partial charge in [-0.05, 0) is 36.3 Å². The molecule has 3 nitrogen and oxygen atoms in total. The predicted octanol–water partition coefficient (Wildman–Crippen LogP) is 3.63. The molecule has 112 valence electrons. The van der Waals surface area contributed by atoms with Gasteiger partial charge < -0.3 is 0 Å². The second-order valence-electron chi connectivity index (χ2n) is 5.54. The van der Waals surface area contributed by atoms with Gasteiger partial charge in [0.1, 0.15) is 0 Å². The van der Waals surface area contributed by atoms with Crippen LogP contribution in [-0.2, 0) is 15.9 Å². The standard InChI is InChI=1S/C15H22ClNO2S/c1-3-15(4-2)9-10-17(12-15)20(18,19)14-8-6-5-7-13(14)11-16/h5-8H,3-4,9-12H2,1-2H3. The van der Waals surface area contributed by atoms with Gasteiger partial charge in [-0.25, -0.2) is 8.42 Å². The summed E-state index contributed by atoms with van der Waals surface area (Å²) in [7, 11) is -3.42. The van der Waals surface area contributed by atoms with E-state index in [4.69, 9.17) is 11.6 Å². The van der Waals surface area contributed by atoms with Crippen molar-refractivity contribution in [1.29, 1.82) is 0 Å². The molecular weight excluding hydrogens is 294 g/mol. The van der Waals surface area contributed by atoms with E-state index in [0.717, 1.165) is 19.3 Å². The van der Waals surface area contributed by atoms with E-state index in [1.54, 1.807) is 22.5 Å². The van der Waals surface area contributed by atoms with E-state index in [-0.39, 0.29) is 11.3 Å². The third kappa shape index (κ3) is 2.74. The molecule has 1 saturated heterocycles. The number of alkyl halides is 1. The Morgan fingerprint density at radius 3 is 2.45 bits per heavy atom. The summed E-state index contributed by atoms with van der Waals surface area (Å²) in [5, 5.41) is 0. The summed E-state index contributed by atoms with van der Waals surface area (Å²) in [5.74, 6) is 0.218. The van der Waals surface area contributed by atoms with Crippen LogP contribution in [0.1, 0.15) is 38.7 Å². The Morgan fingerprint density at radius 2 is 1.90 bits per heavy atom. The largest absolute Gasteiger partial charge is 0.243 e. The molecule has 0 aliphatic carbocycles. The normalized spacial score (nSPS) is 19.4. The summed E-state index contributed by atoms with van der Waals surface area (Å²) in [6.07, 6.45) is 2.99. The summed E-state index contributed by atoms with van der Waals surface area (Å²) in [6.45, 7) is 5.53.